The fourth-order valence-corrected chi connectivity index (χ4v) is 2.41. The van der Waals surface area contributed by atoms with E-state index in [0.29, 0.717) is 13.0 Å². The zero-order valence-corrected chi connectivity index (χ0v) is 18.9. The number of nitrogens with zero attached hydrogens (tertiary/aromatic N) is 2. The molecule has 0 aromatic rings. The molecule has 0 unspecified atom stereocenters. The van der Waals surface area contributed by atoms with Gasteiger partial charge < -0.3 is 14.6 Å². The van der Waals surface area contributed by atoms with Crippen LogP contribution in [0.4, 0.5) is 0 Å². The highest BCUT2D eigenvalue weighted by Gasteiger charge is 2.04. The van der Waals surface area contributed by atoms with Gasteiger partial charge in [0.05, 0.1) is 34.8 Å². The molecule has 0 aliphatic rings. The van der Waals surface area contributed by atoms with Crippen molar-refractivity contribution < 1.29 is 26.7 Å². The minimum Gasteiger partial charge on any atom is -0.862 e. The molecule has 0 radical (unpaired) electrons. The van der Waals surface area contributed by atoms with Crippen molar-refractivity contribution in [2.75, 3.05) is 41.3 Å². The van der Waals surface area contributed by atoms with Crippen LogP contribution in [0, 0.1) is 0 Å². The SMILES string of the molecule is CCCCCCCCCCCC([O-])=NCCC[N+](C)(C)C.COS(=O)(=O)O. The van der Waals surface area contributed by atoms with Gasteiger partial charge in [0.15, 0.2) is 0 Å². The molecular weight excluding hydrogens is 368 g/mol. The third kappa shape index (κ3) is 30.3. The van der Waals surface area contributed by atoms with Gasteiger partial charge in [0, 0.05) is 13.0 Å². The molecule has 7 nitrogen and oxygen atoms in total. The summed E-state index contributed by atoms with van der Waals surface area (Å²) in [7, 11) is 3.22. The van der Waals surface area contributed by atoms with Crippen LogP contribution in [0.1, 0.15) is 77.6 Å². The molecule has 0 saturated carbocycles. The van der Waals surface area contributed by atoms with Crippen LogP contribution < -0.4 is 5.11 Å². The van der Waals surface area contributed by atoms with Gasteiger partial charge in [-0.2, -0.15) is 8.42 Å². The topological polar surface area (TPSA) is 99.0 Å². The minimum atomic E-state index is -4.16. The summed E-state index contributed by atoms with van der Waals surface area (Å²) in [5.74, 6) is 0.111. The largest absolute Gasteiger partial charge is 0.862 e. The van der Waals surface area contributed by atoms with Crippen LogP contribution in [0.25, 0.3) is 0 Å². The first-order chi connectivity index (χ1) is 12.5. The van der Waals surface area contributed by atoms with E-state index in [1.54, 1.807) is 0 Å². The molecule has 0 rings (SSSR count). The number of rotatable bonds is 15. The van der Waals surface area contributed by atoms with Crippen LogP contribution in [-0.4, -0.2) is 64.7 Å². The number of unbranched alkanes of at least 4 members (excludes halogenated alkanes) is 8. The minimum absolute atomic E-state index is 0.111. The molecule has 0 atom stereocenters. The lowest BCUT2D eigenvalue weighted by Gasteiger charge is -2.23. The average Bonchev–Trinajstić information content (AvgIpc) is 2.56. The van der Waals surface area contributed by atoms with Gasteiger partial charge >= 0.3 is 10.4 Å². The van der Waals surface area contributed by atoms with Gasteiger partial charge in [0.1, 0.15) is 0 Å². The van der Waals surface area contributed by atoms with Crippen molar-refractivity contribution in [3.8, 4) is 0 Å². The number of hydrogen-bond donors (Lipinski definition) is 1. The Bertz CT molecular complexity index is 459. The Hall–Kier alpha value is -0.700. The highest BCUT2D eigenvalue weighted by atomic mass is 32.3. The summed E-state index contributed by atoms with van der Waals surface area (Å²) in [4.78, 5) is 4.15. The second-order valence-corrected chi connectivity index (χ2v) is 9.00. The molecule has 0 fully saturated rings. The first-order valence-corrected chi connectivity index (χ1v) is 11.4. The second-order valence-electron chi connectivity index (χ2n) is 7.82. The van der Waals surface area contributed by atoms with Crippen LogP contribution in [0.5, 0.6) is 0 Å². The Kier molecular flexibility index (Phi) is 18.4. The molecule has 0 amide bonds. The summed E-state index contributed by atoms with van der Waals surface area (Å²) in [5, 5.41) is 11.6. The Morgan fingerprint density at radius 3 is 1.81 bits per heavy atom. The lowest BCUT2D eigenvalue weighted by molar-refractivity contribution is -0.870. The summed E-state index contributed by atoms with van der Waals surface area (Å²) in [6, 6.07) is 0. The van der Waals surface area contributed by atoms with Gasteiger partial charge in [-0.25, -0.2) is 0 Å². The highest BCUT2D eigenvalue weighted by molar-refractivity contribution is 7.80. The third-order valence-electron chi connectivity index (χ3n) is 3.98. The molecule has 0 heterocycles. The van der Waals surface area contributed by atoms with Gasteiger partial charge in [-0.15, -0.1) is 0 Å². The standard InChI is InChI=1S/C18H38N2O.CH4O4S/c1-5-6-7-8-9-10-11-12-13-15-18(21)19-16-14-17-20(2,3)4;1-5-6(2,3)4/h5-17H2,1-4H3;1H3,(H,2,3,4). The van der Waals surface area contributed by atoms with Crippen molar-refractivity contribution in [2.24, 2.45) is 4.99 Å². The van der Waals surface area contributed by atoms with Gasteiger partial charge in [-0.3, -0.25) is 8.74 Å². The molecule has 0 saturated heterocycles. The van der Waals surface area contributed by atoms with Gasteiger partial charge in [0.2, 0.25) is 0 Å². The van der Waals surface area contributed by atoms with E-state index in [0.717, 1.165) is 31.0 Å². The van der Waals surface area contributed by atoms with Crippen LogP contribution >= 0.6 is 0 Å². The van der Waals surface area contributed by atoms with Gasteiger partial charge in [0.25, 0.3) is 0 Å². The van der Waals surface area contributed by atoms with Crippen molar-refractivity contribution in [1.29, 1.82) is 0 Å². The fourth-order valence-electron chi connectivity index (χ4n) is 2.41. The monoisotopic (exact) mass is 410 g/mol. The van der Waals surface area contributed by atoms with Crippen molar-refractivity contribution in [3.63, 3.8) is 0 Å². The van der Waals surface area contributed by atoms with E-state index in [-0.39, 0.29) is 5.90 Å². The van der Waals surface area contributed by atoms with E-state index in [9.17, 15) is 13.5 Å². The van der Waals surface area contributed by atoms with Gasteiger partial charge in [-0.1, -0.05) is 58.3 Å². The van der Waals surface area contributed by atoms with Crippen LogP contribution in [0.2, 0.25) is 0 Å². The number of aliphatic imine (C=N–C) groups is 1. The Labute approximate surface area is 167 Å². The number of hydrogen-bond acceptors (Lipinski definition) is 5. The Morgan fingerprint density at radius 2 is 1.41 bits per heavy atom. The van der Waals surface area contributed by atoms with Crippen molar-refractivity contribution >= 4 is 16.3 Å². The summed E-state index contributed by atoms with van der Waals surface area (Å²) in [5.41, 5.74) is 0. The van der Waals surface area contributed by atoms with E-state index >= 15 is 0 Å². The van der Waals surface area contributed by atoms with E-state index in [2.05, 4.69) is 37.2 Å². The van der Waals surface area contributed by atoms with Gasteiger partial charge in [-0.05, 0) is 18.7 Å². The molecule has 27 heavy (non-hydrogen) atoms. The van der Waals surface area contributed by atoms with Crippen LogP contribution in [0.15, 0.2) is 4.99 Å². The summed E-state index contributed by atoms with van der Waals surface area (Å²) in [6.45, 7) is 4.03. The molecule has 0 bridgehead atoms. The molecule has 0 aromatic carbocycles. The summed E-state index contributed by atoms with van der Waals surface area (Å²) in [6.07, 6.45) is 13.3. The maximum absolute atomic E-state index is 11.6. The smallest absolute Gasteiger partial charge is 0.397 e. The lowest BCUT2D eigenvalue weighted by atomic mass is 10.1. The molecule has 0 spiro atoms. The van der Waals surface area contributed by atoms with E-state index in [1.807, 2.05) is 0 Å². The molecule has 0 aliphatic carbocycles. The molecular formula is C19H42N2O5S. The van der Waals surface area contributed by atoms with Crippen LogP contribution in [-0.2, 0) is 14.6 Å². The van der Waals surface area contributed by atoms with Crippen molar-refractivity contribution in [3.05, 3.63) is 0 Å². The normalized spacial score (nSPS) is 12.6. The fraction of sp³-hybridized carbons (Fsp3) is 0.947. The molecule has 1 N–H and O–H groups in total. The van der Waals surface area contributed by atoms with E-state index < -0.39 is 10.4 Å². The molecule has 164 valence electrons. The predicted octanol–water partition coefficient (Wildman–Crippen LogP) is 3.20. The Balaban J connectivity index is 0. The maximum atomic E-state index is 11.6. The van der Waals surface area contributed by atoms with Crippen molar-refractivity contribution in [2.45, 2.75) is 77.6 Å². The zero-order valence-electron chi connectivity index (χ0n) is 18.1. The highest BCUT2D eigenvalue weighted by Crippen LogP contribution is 2.10. The van der Waals surface area contributed by atoms with Crippen molar-refractivity contribution in [1.82, 2.24) is 0 Å². The first-order valence-electron chi connectivity index (χ1n) is 10.1. The number of quaternary nitrogens is 1. The summed E-state index contributed by atoms with van der Waals surface area (Å²) >= 11 is 0. The first kappa shape index (κ1) is 28.5. The molecule has 0 aliphatic heterocycles. The summed E-state index contributed by atoms with van der Waals surface area (Å²) < 4.78 is 30.7. The van der Waals surface area contributed by atoms with E-state index in [1.165, 1.54) is 51.4 Å². The predicted molar refractivity (Wildman–Crippen MR) is 110 cm³/mol. The average molecular weight is 411 g/mol. The quantitative estimate of drug-likeness (QED) is 0.147. The van der Waals surface area contributed by atoms with E-state index in [4.69, 9.17) is 4.55 Å². The molecule has 8 heteroatoms. The second kappa shape index (κ2) is 17.4. The maximum Gasteiger partial charge on any atom is 0.397 e. The third-order valence-corrected chi connectivity index (χ3v) is 4.40. The molecule has 0 aromatic heterocycles. The zero-order chi connectivity index (χ0) is 21.2. The van der Waals surface area contributed by atoms with Crippen LogP contribution in [0.3, 0.4) is 0 Å². The Morgan fingerprint density at radius 1 is 0.963 bits per heavy atom. The lowest BCUT2D eigenvalue weighted by Crippen LogP contribution is -2.35.